The third kappa shape index (κ3) is 3.12. The molecule has 0 unspecified atom stereocenters. The van der Waals surface area contributed by atoms with Gasteiger partial charge in [-0.1, -0.05) is 0 Å². The van der Waals surface area contributed by atoms with E-state index in [-0.39, 0.29) is 11.6 Å². The molecule has 2 aromatic carbocycles. The summed E-state index contributed by atoms with van der Waals surface area (Å²) < 4.78 is 18.8. The van der Waals surface area contributed by atoms with Crippen LogP contribution < -0.4 is 4.74 Å². The van der Waals surface area contributed by atoms with Crippen molar-refractivity contribution >= 4 is 27.3 Å². The first-order valence-corrected chi connectivity index (χ1v) is 8.35. The van der Waals surface area contributed by atoms with Gasteiger partial charge in [-0.05, 0) is 60.0 Å². The number of benzene rings is 2. The summed E-state index contributed by atoms with van der Waals surface area (Å²) in [6.07, 6.45) is 1.46. The summed E-state index contributed by atoms with van der Waals surface area (Å²) in [5, 5.41) is 2.77. The minimum atomic E-state index is -0.370. The second kappa shape index (κ2) is 6.41. The average Bonchev–Trinajstić information content (AvgIpc) is 3.12. The summed E-state index contributed by atoms with van der Waals surface area (Å²) in [5.74, 6) is 0.504. The third-order valence-electron chi connectivity index (χ3n) is 3.66. The number of aromatic nitrogens is 2. The second-order valence-corrected chi connectivity index (χ2v) is 6.18. The minimum Gasteiger partial charge on any atom is -0.438 e. The molecule has 0 N–H and O–H groups in total. The number of fused-ring (bicyclic) bond motifs is 1. The molecule has 0 fully saturated rings. The molecule has 0 amide bonds. The summed E-state index contributed by atoms with van der Waals surface area (Å²) in [5.41, 5.74) is 0.938. The summed E-state index contributed by atoms with van der Waals surface area (Å²) in [6.45, 7) is 0. The number of thiophene rings is 1. The van der Waals surface area contributed by atoms with Gasteiger partial charge in [0.2, 0.25) is 5.88 Å². The number of hydrogen-bond acceptors (Lipinski definition) is 5. The molecule has 0 spiro atoms. The van der Waals surface area contributed by atoms with Crippen molar-refractivity contribution < 1.29 is 13.9 Å². The maximum absolute atomic E-state index is 13.0. The SMILES string of the molecule is O=C(c1ccc(F)cc1)c1ccc(Oc2ncnc3sccc23)cc1. The number of carbonyl (C=O) groups is 1. The van der Waals surface area contributed by atoms with Gasteiger partial charge in [0.1, 0.15) is 22.7 Å². The van der Waals surface area contributed by atoms with Crippen LogP contribution in [0.1, 0.15) is 15.9 Å². The lowest BCUT2D eigenvalue weighted by atomic mass is 10.0. The first-order valence-electron chi connectivity index (χ1n) is 7.47. The lowest BCUT2D eigenvalue weighted by molar-refractivity contribution is 0.103. The Morgan fingerprint density at radius 3 is 2.32 bits per heavy atom. The minimum absolute atomic E-state index is 0.172. The van der Waals surface area contributed by atoms with Crippen molar-refractivity contribution in [3.63, 3.8) is 0 Å². The van der Waals surface area contributed by atoms with Crippen molar-refractivity contribution in [1.29, 1.82) is 0 Å². The van der Waals surface area contributed by atoms with Gasteiger partial charge in [0.15, 0.2) is 5.78 Å². The molecule has 0 bridgehead atoms. The molecule has 0 aliphatic heterocycles. The van der Waals surface area contributed by atoms with E-state index in [1.165, 1.54) is 41.9 Å². The molecule has 0 saturated heterocycles. The molecule has 122 valence electrons. The standard InChI is InChI=1S/C19H11FN2O2S/c20-14-5-1-12(2-6-14)17(23)13-3-7-15(8-4-13)24-18-16-9-10-25-19(16)22-11-21-18/h1-11H. The molecule has 2 aromatic heterocycles. The van der Waals surface area contributed by atoms with Crippen LogP contribution in [0.3, 0.4) is 0 Å². The van der Waals surface area contributed by atoms with Crippen LogP contribution in [-0.2, 0) is 0 Å². The van der Waals surface area contributed by atoms with Crippen molar-refractivity contribution in [2.45, 2.75) is 0 Å². The summed E-state index contributed by atoms with van der Waals surface area (Å²) in [4.78, 5) is 21.6. The molecule has 2 heterocycles. The van der Waals surface area contributed by atoms with Gasteiger partial charge >= 0.3 is 0 Å². The molecular weight excluding hydrogens is 339 g/mol. The fourth-order valence-electron chi connectivity index (χ4n) is 2.40. The van der Waals surface area contributed by atoms with Gasteiger partial charge in [-0.25, -0.2) is 14.4 Å². The van der Waals surface area contributed by atoms with Gasteiger partial charge < -0.3 is 4.74 Å². The maximum Gasteiger partial charge on any atom is 0.231 e. The van der Waals surface area contributed by atoms with E-state index in [1.54, 1.807) is 24.3 Å². The molecule has 0 saturated carbocycles. The molecule has 4 aromatic rings. The Balaban J connectivity index is 1.57. The number of rotatable bonds is 4. The Kier molecular flexibility index (Phi) is 3.95. The van der Waals surface area contributed by atoms with Gasteiger partial charge in [-0.15, -0.1) is 11.3 Å². The van der Waals surface area contributed by atoms with E-state index >= 15 is 0 Å². The average molecular weight is 350 g/mol. The summed E-state index contributed by atoms with van der Waals surface area (Å²) in [7, 11) is 0. The van der Waals surface area contributed by atoms with Crippen LogP contribution >= 0.6 is 11.3 Å². The third-order valence-corrected chi connectivity index (χ3v) is 4.48. The Bertz CT molecular complexity index is 1040. The largest absolute Gasteiger partial charge is 0.438 e. The van der Waals surface area contributed by atoms with E-state index in [0.29, 0.717) is 22.8 Å². The van der Waals surface area contributed by atoms with Gasteiger partial charge in [-0.3, -0.25) is 4.79 Å². The monoisotopic (exact) mass is 350 g/mol. The molecular formula is C19H11FN2O2S. The molecule has 4 nitrogen and oxygen atoms in total. The highest BCUT2D eigenvalue weighted by Crippen LogP contribution is 2.29. The van der Waals surface area contributed by atoms with Crippen molar-refractivity contribution in [3.05, 3.63) is 83.2 Å². The van der Waals surface area contributed by atoms with Gasteiger partial charge in [0.25, 0.3) is 0 Å². The zero-order chi connectivity index (χ0) is 17.2. The molecule has 6 heteroatoms. The van der Waals surface area contributed by atoms with Crippen LogP contribution in [0.15, 0.2) is 66.3 Å². The zero-order valence-corrected chi connectivity index (χ0v) is 13.7. The predicted molar refractivity (Wildman–Crippen MR) is 93.8 cm³/mol. The highest BCUT2D eigenvalue weighted by atomic mass is 32.1. The van der Waals surface area contributed by atoms with Crippen molar-refractivity contribution in [2.24, 2.45) is 0 Å². The van der Waals surface area contributed by atoms with Gasteiger partial charge in [0.05, 0.1) is 5.39 Å². The van der Waals surface area contributed by atoms with Gasteiger partial charge in [-0.2, -0.15) is 0 Å². The van der Waals surface area contributed by atoms with Crippen molar-refractivity contribution in [1.82, 2.24) is 9.97 Å². The lowest BCUT2D eigenvalue weighted by Gasteiger charge is -2.06. The first-order chi connectivity index (χ1) is 12.2. The van der Waals surface area contributed by atoms with E-state index in [2.05, 4.69) is 9.97 Å². The van der Waals surface area contributed by atoms with Crippen LogP contribution in [0.4, 0.5) is 4.39 Å². The second-order valence-electron chi connectivity index (χ2n) is 5.28. The fraction of sp³-hybridized carbons (Fsp3) is 0. The highest BCUT2D eigenvalue weighted by molar-refractivity contribution is 7.16. The van der Waals surface area contributed by atoms with Crippen molar-refractivity contribution in [3.8, 4) is 11.6 Å². The highest BCUT2D eigenvalue weighted by Gasteiger charge is 2.11. The Hall–Kier alpha value is -3.12. The lowest BCUT2D eigenvalue weighted by Crippen LogP contribution is -2.01. The number of hydrogen-bond donors (Lipinski definition) is 0. The Morgan fingerprint density at radius 2 is 1.60 bits per heavy atom. The Morgan fingerprint density at radius 1 is 0.920 bits per heavy atom. The van der Waals surface area contributed by atoms with Crippen molar-refractivity contribution in [2.75, 3.05) is 0 Å². The van der Waals surface area contributed by atoms with Crippen LogP contribution in [0, 0.1) is 5.82 Å². The maximum atomic E-state index is 13.0. The van der Waals surface area contributed by atoms with E-state index in [9.17, 15) is 9.18 Å². The van der Waals surface area contributed by atoms with E-state index in [4.69, 9.17) is 4.74 Å². The number of carbonyl (C=O) groups excluding carboxylic acids is 1. The van der Waals surface area contributed by atoms with Gasteiger partial charge in [0, 0.05) is 11.1 Å². The van der Waals surface area contributed by atoms with Crippen LogP contribution in [0.5, 0.6) is 11.6 Å². The van der Waals surface area contributed by atoms with Crippen LogP contribution in [0.2, 0.25) is 0 Å². The molecule has 0 atom stereocenters. The predicted octanol–water partition coefficient (Wildman–Crippen LogP) is 4.85. The van der Waals surface area contributed by atoms with Crippen LogP contribution in [0.25, 0.3) is 10.2 Å². The number of nitrogens with zero attached hydrogens (tertiary/aromatic N) is 2. The summed E-state index contributed by atoms with van der Waals surface area (Å²) in [6, 6.07) is 14.1. The topological polar surface area (TPSA) is 52.1 Å². The van der Waals surface area contributed by atoms with E-state index < -0.39 is 0 Å². The smallest absolute Gasteiger partial charge is 0.231 e. The number of ether oxygens (including phenoxy) is 1. The summed E-state index contributed by atoms with van der Waals surface area (Å²) >= 11 is 1.51. The molecule has 0 radical (unpaired) electrons. The van der Waals surface area contributed by atoms with E-state index in [1.807, 2.05) is 11.4 Å². The first kappa shape index (κ1) is 15.4. The molecule has 25 heavy (non-hydrogen) atoms. The fourth-order valence-corrected chi connectivity index (χ4v) is 3.13. The molecule has 0 aliphatic rings. The van der Waals surface area contributed by atoms with Crippen LogP contribution in [-0.4, -0.2) is 15.8 Å². The Labute approximate surface area is 146 Å². The molecule has 4 rings (SSSR count). The number of halogens is 1. The quantitative estimate of drug-likeness (QED) is 0.494. The van der Waals surface area contributed by atoms with E-state index in [0.717, 1.165) is 10.2 Å². The number of ketones is 1. The molecule has 0 aliphatic carbocycles. The normalized spacial score (nSPS) is 10.8. The zero-order valence-electron chi connectivity index (χ0n) is 12.8.